The Kier molecular flexibility index (Phi) is 2.88. The summed E-state index contributed by atoms with van der Waals surface area (Å²) in [7, 11) is 0. The minimum Gasteiger partial charge on any atom is -0.618 e. The van der Waals surface area contributed by atoms with Gasteiger partial charge in [-0.1, -0.05) is 30.3 Å². The van der Waals surface area contributed by atoms with Crippen molar-refractivity contribution in [2.24, 2.45) is 0 Å². The summed E-state index contributed by atoms with van der Waals surface area (Å²) in [4.78, 5) is 0. The first-order chi connectivity index (χ1) is 7.70. The van der Waals surface area contributed by atoms with Crippen molar-refractivity contribution >= 4 is 0 Å². The second kappa shape index (κ2) is 4.33. The highest BCUT2D eigenvalue weighted by Gasteiger charge is 2.19. The van der Waals surface area contributed by atoms with E-state index in [1.807, 2.05) is 18.2 Å². The molecule has 2 aromatic rings. The van der Waals surface area contributed by atoms with Gasteiger partial charge in [-0.3, -0.25) is 0 Å². The molecule has 0 saturated heterocycles. The molecule has 0 aliphatic heterocycles. The number of aliphatic hydroxyl groups excluding tert-OH is 1. The zero-order chi connectivity index (χ0) is 11.5. The smallest absolute Gasteiger partial charge is 0.226 e. The van der Waals surface area contributed by atoms with Crippen molar-refractivity contribution in [3.05, 3.63) is 70.7 Å². The van der Waals surface area contributed by atoms with Gasteiger partial charge >= 0.3 is 0 Å². The third-order valence-corrected chi connectivity index (χ3v) is 2.55. The standard InChI is InChI=1S/C13H13NO2/c1-10-6-5-9-12(14(10)16)13(15)11-7-3-2-4-8-11/h2-9,13,15H,1H3. The number of rotatable bonds is 2. The largest absolute Gasteiger partial charge is 0.618 e. The number of benzene rings is 1. The Bertz CT molecular complexity index is 483. The number of aromatic nitrogens is 1. The van der Waals surface area contributed by atoms with Crippen LogP contribution in [0.5, 0.6) is 0 Å². The molecule has 1 atom stereocenters. The Balaban J connectivity index is 2.42. The highest BCUT2D eigenvalue weighted by molar-refractivity contribution is 5.23. The fourth-order valence-electron chi connectivity index (χ4n) is 1.63. The Hall–Kier alpha value is -1.87. The zero-order valence-electron chi connectivity index (χ0n) is 9.00. The molecule has 82 valence electrons. The average molecular weight is 215 g/mol. The summed E-state index contributed by atoms with van der Waals surface area (Å²) in [6.45, 7) is 1.72. The minimum absolute atomic E-state index is 0.353. The molecule has 0 bridgehead atoms. The summed E-state index contributed by atoms with van der Waals surface area (Å²) in [5, 5.41) is 21.8. The van der Waals surface area contributed by atoms with E-state index in [1.54, 1.807) is 37.3 Å². The zero-order valence-corrected chi connectivity index (χ0v) is 9.00. The number of hydrogen-bond donors (Lipinski definition) is 1. The summed E-state index contributed by atoms with van der Waals surface area (Å²) in [5.41, 5.74) is 1.65. The summed E-state index contributed by atoms with van der Waals surface area (Å²) in [5.74, 6) is 0. The lowest BCUT2D eigenvalue weighted by Gasteiger charge is -2.12. The second-order valence-corrected chi connectivity index (χ2v) is 3.70. The SMILES string of the molecule is Cc1cccc(C(O)c2ccccc2)[n+]1[O-]. The van der Waals surface area contributed by atoms with Crippen molar-refractivity contribution in [3.63, 3.8) is 0 Å². The van der Waals surface area contributed by atoms with Crippen molar-refractivity contribution in [1.82, 2.24) is 0 Å². The second-order valence-electron chi connectivity index (χ2n) is 3.70. The van der Waals surface area contributed by atoms with E-state index in [9.17, 15) is 10.3 Å². The van der Waals surface area contributed by atoms with Gasteiger partial charge in [-0.25, -0.2) is 0 Å². The summed E-state index contributed by atoms with van der Waals surface area (Å²) >= 11 is 0. The molecule has 0 fully saturated rings. The van der Waals surface area contributed by atoms with Crippen LogP contribution in [0.2, 0.25) is 0 Å². The van der Waals surface area contributed by atoms with E-state index in [0.717, 1.165) is 10.3 Å². The summed E-state index contributed by atoms with van der Waals surface area (Å²) in [6, 6.07) is 14.3. The van der Waals surface area contributed by atoms with Gasteiger partial charge in [0, 0.05) is 19.1 Å². The molecule has 1 heterocycles. The average Bonchev–Trinajstić information content (AvgIpc) is 2.33. The molecule has 0 saturated carbocycles. The fraction of sp³-hybridized carbons (Fsp3) is 0.154. The van der Waals surface area contributed by atoms with Crippen LogP contribution in [0.25, 0.3) is 0 Å². The Labute approximate surface area is 94.2 Å². The highest BCUT2D eigenvalue weighted by Crippen LogP contribution is 2.18. The maximum absolute atomic E-state index is 11.7. The van der Waals surface area contributed by atoms with Crippen LogP contribution in [0, 0.1) is 12.1 Å². The van der Waals surface area contributed by atoms with Crippen LogP contribution in [0.4, 0.5) is 0 Å². The first-order valence-electron chi connectivity index (χ1n) is 5.12. The van der Waals surface area contributed by atoms with E-state index in [1.165, 1.54) is 0 Å². The van der Waals surface area contributed by atoms with Crippen molar-refractivity contribution < 1.29 is 9.84 Å². The van der Waals surface area contributed by atoms with E-state index in [2.05, 4.69) is 0 Å². The molecular formula is C13H13NO2. The molecule has 1 N–H and O–H groups in total. The third-order valence-electron chi connectivity index (χ3n) is 2.55. The fourth-order valence-corrected chi connectivity index (χ4v) is 1.63. The predicted molar refractivity (Wildman–Crippen MR) is 60.6 cm³/mol. The van der Waals surface area contributed by atoms with Gasteiger partial charge in [0.05, 0.1) is 0 Å². The van der Waals surface area contributed by atoms with Crippen molar-refractivity contribution in [2.45, 2.75) is 13.0 Å². The Morgan fingerprint density at radius 3 is 2.44 bits per heavy atom. The molecule has 16 heavy (non-hydrogen) atoms. The van der Waals surface area contributed by atoms with Crippen molar-refractivity contribution in [2.75, 3.05) is 0 Å². The lowest BCUT2D eigenvalue weighted by molar-refractivity contribution is -0.624. The van der Waals surface area contributed by atoms with Crippen molar-refractivity contribution in [3.8, 4) is 0 Å². The summed E-state index contributed by atoms with van der Waals surface area (Å²) in [6.07, 6.45) is -0.876. The van der Waals surface area contributed by atoms with E-state index in [0.29, 0.717) is 11.4 Å². The van der Waals surface area contributed by atoms with Crippen LogP contribution in [0.1, 0.15) is 23.1 Å². The van der Waals surface area contributed by atoms with Gasteiger partial charge in [-0.15, -0.1) is 0 Å². The van der Waals surface area contributed by atoms with E-state index in [4.69, 9.17) is 0 Å². The van der Waals surface area contributed by atoms with E-state index < -0.39 is 6.10 Å². The predicted octanol–water partition coefficient (Wildman–Crippen LogP) is 1.71. The minimum atomic E-state index is -0.876. The van der Waals surface area contributed by atoms with Gasteiger partial charge in [0.15, 0.2) is 11.8 Å². The molecule has 0 aliphatic carbocycles. The number of pyridine rings is 1. The Morgan fingerprint density at radius 2 is 1.75 bits per heavy atom. The van der Waals surface area contributed by atoms with Gasteiger partial charge in [0.2, 0.25) is 5.69 Å². The number of aliphatic hydroxyl groups is 1. The molecule has 0 radical (unpaired) electrons. The molecule has 1 unspecified atom stereocenters. The van der Waals surface area contributed by atoms with E-state index in [-0.39, 0.29) is 0 Å². The number of hydrogen-bond acceptors (Lipinski definition) is 2. The lowest BCUT2D eigenvalue weighted by atomic mass is 10.1. The number of nitrogens with zero attached hydrogens (tertiary/aromatic N) is 1. The van der Waals surface area contributed by atoms with Gasteiger partial charge < -0.3 is 10.3 Å². The van der Waals surface area contributed by atoms with Crippen LogP contribution < -0.4 is 4.73 Å². The number of aryl methyl sites for hydroxylation is 1. The lowest BCUT2D eigenvalue weighted by Crippen LogP contribution is -2.36. The van der Waals surface area contributed by atoms with Crippen LogP contribution in [-0.4, -0.2) is 5.11 Å². The monoisotopic (exact) mass is 215 g/mol. The highest BCUT2D eigenvalue weighted by atomic mass is 16.5. The maximum Gasteiger partial charge on any atom is 0.226 e. The quantitative estimate of drug-likeness (QED) is 0.612. The molecule has 0 amide bonds. The van der Waals surface area contributed by atoms with Crippen molar-refractivity contribution in [1.29, 1.82) is 0 Å². The van der Waals surface area contributed by atoms with Gasteiger partial charge in [-0.05, 0) is 11.6 Å². The molecule has 0 spiro atoms. The van der Waals surface area contributed by atoms with Crippen LogP contribution >= 0.6 is 0 Å². The first-order valence-corrected chi connectivity index (χ1v) is 5.12. The Morgan fingerprint density at radius 1 is 1.06 bits per heavy atom. The molecule has 3 nitrogen and oxygen atoms in total. The topological polar surface area (TPSA) is 47.2 Å². The van der Waals surface area contributed by atoms with Crippen LogP contribution in [0.15, 0.2) is 48.5 Å². The molecular weight excluding hydrogens is 202 g/mol. The van der Waals surface area contributed by atoms with Gasteiger partial charge in [-0.2, -0.15) is 4.73 Å². The summed E-state index contributed by atoms with van der Waals surface area (Å²) < 4.78 is 0.762. The molecule has 2 rings (SSSR count). The normalized spacial score (nSPS) is 12.4. The molecule has 0 aliphatic rings. The molecule has 1 aromatic carbocycles. The molecule has 1 aromatic heterocycles. The van der Waals surface area contributed by atoms with Crippen LogP contribution in [0.3, 0.4) is 0 Å². The van der Waals surface area contributed by atoms with Gasteiger partial charge in [0.1, 0.15) is 0 Å². The van der Waals surface area contributed by atoms with E-state index >= 15 is 0 Å². The third kappa shape index (κ3) is 1.90. The van der Waals surface area contributed by atoms with Gasteiger partial charge in [0.25, 0.3) is 0 Å². The molecule has 3 heteroatoms. The van der Waals surface area contributed by atoms with Crippen LogP contribution in [-0.2, 0) is 0 Å². The first kappa shape index (κ1) is 10.6. The maximum atomic E-state index is 11.7.